The Hall–Kier alpha value is -1.66. The van der Waals surface area contributed by atoms with E-state index in [4.69, 9.17) is 21.1 Å². The zero-order valence-electron chi connectivity index (χ0n) is 14.9. The van der Waals surface area contributed by atoms with Gasteiger partial charge in [0.1, 0.15) is 24.3 Å². The highest BCUT2D eigenvalue weighted by Gasteiger charge is 2.15. The molecule has 1 N–H and O–H groups in total. The van der Waals surface area contributed by atoms with E-state index in [0.717, 1.165) is 6.42 Å². The lowest BCUT2D eigenvalue weighted by Gasteiger charge is -2.25. The molecule has 0 fully saturated rings. The fraction of sp³-hybridized carbons (Fsp3) is 0.400. The molecule has 0 radical (unpaired) electrons. The van der Waals surface area contributed by atoms with Crippen LogP contribution in [0.1, 0.15) is 12.0 Å². The van der Waals surface area contributed by atoms with Crippen LogP contribution in [-0.2, 0) is 11.3 Å². The fourth-order valence-electron chi connectivity index (χ4n) is 2.61. The summed E-state index contributed by atoms with van der Waals surface area (Å²) < 4.78 is 24.6. The molecule has 0 saturated heterocycles. The molecule has 0 aromatic heterocycles. The predicted molar refractivity (Wildman–Crippen MR) is 101 cm³/mol. The van der Waals surface area contributed by atoms with E-state index in [1.165, 1.54) is 6.07 Å². The summed E-state index contributed by atoms with van der Waals surface area (Å²) in [5.41, 5.74) is 0.607. The van der Waals surface area contributed by atoms with Crippen LogP contribution in [0.3, 0.4) is 0 Å². The summed E-state index contributed by atoms with van der Waals surface area (Å²) >= 11 is 5.84. The van der Waals surface area contributed by atoms with Crippen LogP contribution in [0.15, 0.2) is 48.5 Å². The second-order valence-electron chi connectivity index (χ2n) is 6.09. The molecule has 2 aromatic rings. The second-order valence-corrected chi connectivity index (χ2v) is 6.53. The Labute approximate surface area is 159 Å². The molecule has 0 spiro atoms. The number of rotatable bonds is 11. The standard InChI is InChI=1S/C20H25ClFNO3/c1-25-12-4-11-23(13-16-5-2-3-6-20(16)22)14-18(24)15-26-19-9-7-17(21)8-10-19/h2-3,5-10,18,24H,4,11-15H2,1H3. The van der Waals surface area contributed by atoms with Gasteiger partial charge in [-0.2, -0.15) is 0 Å². The van der Waals surface area contributed by atoms with E-state index >= 15 is 0 Å². The summed E-state index contributed by atoms with van der Waals surface area (Å²) in [5.74, 6) is 0.407. The van der Waals surface area contributed by atoms with Gasteiger partial charge < -0.3 is 14.6 Å². The van der Waals surface area contributed by atoms with Crippen molar-refractivity contribution in [1.82, 2.24) is 4.90 Å². The first-order valence-electron chi connectivity index (χ1n) is 8.59. The third kappa shape index (κ3) is 7.30. The van der Waals surface area contributed by atoms with Crippen molar-refractivity contribution in [2.45, 2.75) is 19.1 Å². The zero-order chi connectivity index (χ0) is 18.8. The van der Waals surface area contributed by atoms with Gasteiger partial charge in [0, 0.05) is 43.9 Å². The molecule has 1 atom stereocenters. The number of aliphatic hydroxyl groups excluding tert-OH is 1. The maximum Gasteiger partial charge on any atom is 0.127 e. The van der Waals surface area contributed by atoms with Crippen LogP contribution < -0.4 is 4.74 Å². The van der Waals surface area contributed by atoms with Gasteiger partial charge in [-0.3, -0.25) is 4.90 Å². The minimum atomic E-state index is -0.694. The summed E-state index contributed by atoms with van der Waals surface area (Å²) in [7, 11) is 1.65. The van der Waals surface area contributed by atoms with Gasteiger partial charge in [0.25, 0.3) is 0 Å². The van der Waals surface area contributed by atoms with E-state index in [0.29, 0.717) is 42.6 Å². The highest BCUT2D eigenvalue weighted by atomic mass is 35.5. The Morgan fingerprint density at radius 2 is 1.88 bits per heavy atom. The third-order valence-electron chi connectivity index (χ3n) is 3.90. The monoisotopic (exact) mass is 381 g/mol. The molecule has 4 nitrogen and oxygen atoms in total. The molecule has 0 bridgehead atoms. The molecule has 0 aliphatic carbocycles. The number of methoxy groups -OCH3 is 1. The van der Waals surface area contributed by atoms with Crippen LogP contribution in [0.2, 0.25) is 5.02 Å². The first-order chi connectivity index (χ1) is 12.6. The molecule has 2 aromatic carbocycles. The van der Waals surface area contributed by atoms with E-state index in [1.807, 2.05) is 11.0 Å². The lowest BCUT2D eigenvalue weighted by atomic mass is 10.2. The lowest BCUT2D eigenvalue weighted by Crippen LogP contribution is -2.36. The first-order valence-corrected chi connectivity index (χ1v) is 8.97. The second kappa shape index (κ2) is 11.1. The highest BCUT2D eigenvalue weighted by Crippen LogP contribution is 2.16. The van der Waals surface area contributed by atoms with Crippen molar-refractivity contribution in [3.8, 4) is 5.75 Å². The molecule has 1 unspecified atom stereocenters. The Balaban J connectivity index is 1.89. The minimum Gasteiger partial charge on any atom is -0.491 e. The van der Waals surface area contributed by atoms with Crippen molar-refractivity contribution < 1.29 is 19.0 Å². The number of benzene rings is 2. The van der Waals surface area contributed by atoms with Crippen LogP contribution in [0.5, 0.6) is 5.75 Å². The van der Waals surface area contributed by atoms with Crippen molar-refractivity contribution in [1.29, 1.82) is 0 Å². The summed E-state index contributed by atoms with van der Waals surface area (Å²) in [4.78, 5) is 2.01. The summed E-state index contributed by atoms with van der Waals surface area (Å²) in [6.07, 6.45) is 0.107. The number of nitrogens with zero attached hydrogens (tertiary/aromatic N) is 1. The van der Waals surface area contributed by atoms with Gasteiger partial charge in [0.15, 0.2) is 0 Å². The first kappa shape index (κ1) is 20.6. The predicted octanol–water partition coefficient (Wildman–Crippen LogP) is 3.76. The largest absolute Gasteiger partial charge is 0.491 e. The lowest BCUT2D eigenvalue weighted by molar-refractivity contribution is 0.0614. The summed E-state index contributed by atoms with van der Waals surface area (Å²) in [6, 6.07) is 13.7. The Kier molecular flexibility index (Phi) is 8.85. The maximum absolute atomic E-state index is 13.9. The molecule has 0 heterocycles. The van der Waals surface area contributed by atoms with Crippen molar-refractivity contribution in [2.75, 3.05) is 33.4 Å². The van der Waals surface area contributed by atoms with Crippen LogP contribution in [0, 0.1) is 5.82 Å². The van der Waals surface area contributed by atoms with E-state index < -0.39 is 6.10 Å². The fourth-order valence-corrected chi connectivity index (χ4v) is 2.73. The maximum atomic E-state index is 13.9. The minimum absolute atomic E-state index is 0.152. The molecule has 0 saturated carbocycles. The topological polar surface area (TPSA) is 41.9 Å². The molecular weight excluding hydrogens is 357 g/mol. The van der Waals surface area contributed by atoms with E-state index in [2.05, 4.69) is 0 Å². The van der Waals surface area contributed by atoms with Crippen LogP contribution in [0.25, 0.3) is 0 Å². The van der Waals surface area contributed by atoms with E-state index in [1.54, 1.807) is 43.5 Å². The molecule has 0 aliphatic heterocycles. The van der Waals surface area contributed by atoms with Gasteiger partial charge >= 0.3 is 0 Å². The van der Waals surface area contributed by atoms with Crippen molar-refractivity contribution in [3.63, 3.8) is 0 Å². The molecule has 0 aliphatic rings. The normalized spacial score (nSPS) is 12.3. The van der Waals surface area contributed by atoms with Gasteiger partial charge in [-0.15, -0.1) is 0 Å². The molecule has 2 rings (SSSR count). The van der Waals surface area contributed by atoms with E-state index in [9.17, 15) is 9.50 Å². The molecule has 6 heteroatoms. The number of halogens is 2. The molecule has 0 amide bonds. The third-order valence-corrected chi connectivity index (χ3v) is 4.15. The number of hydrogen-bond donors (Lipinski definition) is 1. The van der Waals surface area contributed by atoms with E-state index in [-0.39, 0.29) is 12.4 Å². The zero-order valence-corrected chi connectivity index (χ0v) is 15.7. The molecular formula is C20H25ClFNO3. The smallest absolute Gasteiger partial charge is 0.127 e. The molecule has 26 heavy (non-hydrogen) atoms. The SMILES string of the molecule is COCCCN(Cc1ccccc1F)CC(O)COc1ccc(Cl)cc1. The van der Waals surface area contributed by atoms with Crippen molar-refractivity contribution in [3.05, 3.63) is 64.9 Å². The quantitative estimate of drug-likeness (QED) is 0.602. The van der Waals surface area contributed by atoms with Crippen molar-refractivity contribution in [2.24, 2.45) is 0 Å². The molecule has 142 valence electrons. The van der Waals surface area contributed by atoms with Crippen LogP contribution in [0.4, 0.5) is 4.39 Å². The van der Waals surface area contributed by atoms with Gasteiger partial charge in [-0.1, -0.05) is 29.8 Å². The average Bonchev–Trinajstić information content (AvgIpc) is 2.63. The Bertz CT molecular complexity index is 654. The average molecular weight is 382 g/mol. The van der Waals surface area contributed by atoms with Gasteiger partial charge in [0.2, 0.25) is 0 Å². The van der Waals surface area contributed by atoms with Gasteiger partial charge in [0.05, 0.1) is 0 Å². The number of hydrogen-bond acceptors (Lipinski definition) is 4. The Morgan fingerprint density at radius 3 is 2.58 bits per heavy atom. The number of ether oxygens (including phenoxy) is 2. The van der Waals surface area contributed by atoms with Crippen LogP contribution in [-0.4, -0.2) is 49.5 Å². The Morgan fingerprint density at radius 1 is 1.15 bits per heavy atom. The van der Waals surface area contributed by atoms with Gasteiger partial charge in [-0.05, 0) is 36.8 Å². The van der Waals surface area contributed by atoms with Crippen molar-refractivity contribution >= 4 is 11.6 Å². The summed E-state index contributed by atoms with van der Waals surface area (Å²) in [6.45, 7) is 2.27. The van der Waals surface area contributed by atoms with Gasteiger partial charge in [-0.25, -0.2) is 4.39 Å². The van der Waals surface area contributed by atoms with Crippen LogP contribution >= 0.6 is 11.6 Å². The summed E-state index contributed by atoms with van der Waals surface area (Å²) in [5, 5.41) is 11.0. The number of aliphatic hydroxyl groups is 1. The highest BCUT2D eigenvalue weighted by molar-refractivity contribution is 6.30.